The third-order valence-electron chi connectivity index (χ3n) is 3.87. The van der Waals surface area contributed by atoms with Crippen molar-refractivity contribution >= 4 is 0 Å². The maximum atomic E-state index is 13.8. The van der Waals surface area contributed by atoms with Crippen LogP contribution in [0.5, 0.6) is 0 Å². The molecule has 1 unspecified atom stereocenters. The van der Waals surface area contributed by atoms with Crippen LogP contribution in [-0.2, 0) is 0 Å². The monoisotopic (exact) mass is 254 g/mol. The van der Waals surface area contributed by atoms with Crippen molar-refractivity contribution in [2.45, 2.75) is 31.3 Å². The molecule has 1 fully saturated rings. The van der Waals surface area contributed by atoms with Gasteiger partial charge in [-0.3, -0.25) is 0 Å². The molecule has 18 heavy (non-hydrogen) atoms. The maximum Gasteiger partial charge on any atom is 0.163 e. The van der Waals surface area contributed by atoms with E-state index in [2.05, 4.69) is 10.2 Å². The number of nitrogens with one attached hydrogen (secondary N) is 1. The predicted molar refractivity (Wildman–Crippen MR) is 68.4 cm³/mol. The highest BCUT2D eigenvalue weighted by Gasteiger charge is 2.25. The quantitative estimate of drug-likeness (QED) is 0.869. The van der Waals surface area contributed by atoms with Crippen LogP contribution >= 0.6 is 0 Å². The van der Waals surface area contributed by atoms with E-state index in [9.17, 15) is 8.78 Å². The number of nitrogens with zero attached hydrogens (tertiary/aromatic N) is 1. The molecule has 0 bridgehead atoms. The number of rotatable bonds is 5. The van der Waals surface area contributed by atoms with Gasteiger partial charge in [0.2, 0.25) is 0 Å². The topological polar surface area (TPSA) is 15.3 Å². The van der Waals surface area contributed by atoms with Gasteiger partial charge in [-0.2, -0.15) is 0 Å². The average molecular weight is 254 g/mol. The molecule has 1 aromatic rings. The fourth-order valence-electron chi connectivity index (χ4n) is 2.40. The Hall–Kier alpha value is -1.00. The Labute approximate surface area is 107 Å². The third-order valence-corrected chi connectivity index (χ3v) is 3.87. The van der Waals surface area contributed by atoms with Crippen molar-refractivity contribution in [1.29, 1.82) is 0 Å². The van der Waals surface area contributed by atoms with Crippen LogP contribution in [0.3, 0.4) is 0 Å². The summed E-state index contributed by atoms with van der Waals surface area (Å²) < 4.78 is 27.0. The minimum Gasteiger partial charge on any atom is -0.312 e. The molecule has 1 aromatic carbocycles. The van der Waals surface area contributed by atoms with Gasteiger partial charge in [-0.1, -0.05) is 18.6 Å². The van der Waals surface area contributed by atoms with Gasteiger partial charge in [0.25, 0.3) is 0 Å². The molecule has 2 rings (SSSR count). The lowest BCUT2D eigenvalue weighted by Crippen LogP contribution is -2.41. The normalized spacial score (nSPS) is 17.8. The minimum absolute atomic E-state index is 0.175. The number of halogens is 2. The van der Waals surface area contributed by atoms with E-state index in [0.717, 1.165) is 6.07 Å². The molecule has 0 saturated heterocycles. The number of benzene rings is 1. The van der Waals surface area contributed by atoms with E-state index in [4.69, 9.17) is 0 Å². The second-order valence-corrected chi connectivity index (χ2v) is 5.01. The van der Waals surface area contributed by atoms with Crippen molar-refractivity contribution in [3.8, 4) is 0 Å². The van der Waals surface area contributed by atoms with Gasteiger partial charge >= 0.3 is 0 Å². The summed E-state index contributed by atoms with van der Waals surface area (Å²) in [6, 6.07) is 4.78. The first-order valence-corrected chi connectivity index (χ1v) is 6.45. The van der Waals surface area contributed by atoms with E-state index in [0.29, 0.717) is 18.2 Å². The molecule has 0 amide bonds. The standard InChI is InChI=1S/C14H20F2N2/c1-17-13(9-18(2)10-5-3-6-10)11-7-4-8-12(15)14(11)16/h4,7-8,10,13,17H,3,5-6,9H2,1-2H3. The molecule has 1 saturated carbocycles. The van der Waals surface area contributed by atoms with Gasteiger partial charge in [0.15, 0.2) is 11.6 Å². The molecule has 0 aliphatic heterocycles. The first kappa shape index (κ1) is 13.4. The largest absolute Gasteiger partial charge is 0.312 e. The van der Waals surface area contributed by atoms with Crippen LogP contribution in [-0.4, -0.2) is 31.6 Å². The van der Waals surface area contributed by atoms with E-state index in [1.54, 1.807) is 19.2 Å². The van der Waals surface area contributed by atoms with Crippen LogP contribution in [0.15, 0.2) is 18.2 Å². The molecule has 0 aromatic heterocycles. The first-order valence-electron chi connectivity index (χ1n) is 6.45. The lowest BCUT2D eigenvalue weighted by molar-refractivity contribution is 0.146. The zero-order chi connectivity index (χ0) is 13.1. The molecular weight excluding hydrogens is 234 g/mol. The van der Waals surface area contributed by atoms with Crippen LogP contribution in [0, 0.1) is 11.6 Å². The van der Waals surface area contributed by atoms with Crippen LogP contribution in [0.2, 0.25) is 0 Å². The van der Waals surface area contributed by atoms with E-state index >= 15 is 0 Å². The number of hydrogen-bond donors (Lipinski definition) is 1. The fraction of sp³-hybridized carbons (Fsp3) is 0.571. The zero-order valence-corrected chi connectivity index (χ0v) is 10.9. The minimum atomic E-state index is -0.779. The summed E-state index contributed by atoms with van der Waals surface area (Å²) in [7, 11) is 3.83. The second kappa shape index (κ2) is 5.76. The number of likely N-dealkylation sites (N-methyl/N-ethyl adjacent to an activating group) is 2. The van der Waals surface area contributed by atoms with Crippen molar-refractivity contribution < 1.29 is 8.78 Å². The summed E-state index contributed by atoms with van der Waals surface area (Å²) in [6.45, 7) is 0.696. The Morgan fingerprint density at radius 1 is 1.39 bits per heavy atom. The SMILES string of the molecule is CNC(CN(C)C1CCC1)c1cccc(F)c1F. The van der Waals surface area contributed by atoms with E-state index < -0.39 is 11.6 Å². The van der Waals surface area contributed by atoms with E-state index in [-0.39, 0.29) is 6.04 Å². The van der Waals surface area contributed by atoms with Gasteiger partial charge in [0.05, 0.1) is 0 Å². The molecule has 1 N–H and O–H groups in total. The van der Waals surface area contributed by atoms with Crippen molar-refractivity contribution in [2.75, 3.05) is 20.6 Å². The Morgan fingerprint density at radius 2 is 2.11 bits per heavy atom. The summed E-state index contributed by atoms with van der Waals surface area (Å²) >= 11 is 0. The lowest BCUT2D eigenvalue weighted by atomic mass is 9.91. The molecule has 1 aliphatic carbocycles. The highest BCUT2D eigenvalue weighted by atomic mass is 19.2. The lowest BCUT2D eigenvalue weighted by Gasteiger charge is -2.36. The third kappa shape index (κ3) is 2.70. The smallest absolute Gasteiger partial charge is 0.163 e. The van der Waals surface area contributed by atoms with Crippen LogP contribution in [0.1, 0.15) is 30.9 Å². The van der Waals surface area contributed by atoms with Crippen LogP contribution in [0.4, 0.5) is 8.78 Å². The van der Waals surface area contributed by atoms with Crippen LogP contribution < -0.4 is 5.32 Å². The molecule has 0 spiro atoms. The Bertz CT molecular complexity index is 405. The van der Waals surface area contributed by atoms with Gasteiger partial charge in [0, 0.05) is 24.2 Å². The van der Waals surface area contributed by atoms with Gasteiger partial charge in [-0.25, -0.2) is 8.78 Å². The summed E-state index contributed by atoms with van der Waals surface area (Å²) in [5, 5.41) is 3.07. The fourth-order valence-corrected chi connectivity index (χ4v) is 2.40. The Morgan fingerprint density at radius 3 is 2.67 bits per heavy atom. The molecule has 1 aliphatic rings. The molecule has 1 atom stereocenters. The summed E-state index contributed by atoms with van der Waals surface area (Å²) in [5.74, 6) is -1.52. The number of hydrogen-bond acceptors (Lipinski definition) is 2. The van der Waals surface area contributed by atoms with Crippen molar-refractivity contribution in [1.82, 2.24) is 10.2 Å². The highest BCUT2D eigenvalue weighted by molar-refractivity contribution is 5.23. The molecule has 100 valence electrons. The predicted octanol–water partition coefficient (Wildman–Crippen LogP) is 2.71. The van der Waals surface area contributed by atoms with Gasteiger partial charge in [0.1, 0.15) is 0 Å². The van der Waals surface area contributed by atoms with Gasteiger partial charge < -0.3 is 10.2 Å². The van der Waals surface area contributed by atoms with Crippen molar-refractivity contribution in [3.05, 3.63) is 35.4 Å². The van der Waals surface area contributed by atoms with Crippen molar-refractivity contribution in [2.24, 2.45) is 0 Å². The van der Waals surface area contributed by atoms with Gasteiger partial charge in [-0.05, 0) is 33.0 Å². The summed E-state index contributed by atoms with van der Waals surface area (Å²) in [4.78, 5) is 2.23. The average Bonchev–Trinajstić information content (AvgIpc) is 2.28. The molecule has 0 heterocycles. The zero-order valence-electron chi connectivity index (χ0n) is 10.9. The Kier molecular flexibility index (Phi) is 4.30. The summed E-state index contributed by atoms with van der Waals surface area (Å²) in [6.07, 6.45) is 3.69. The summed E-state index contributed by atoms with van der Waals surface area (Å²) in [5.41, 5.74) is 0.406. The maximum absolute atomic E-state index is 13.8. The Balaban J connectivity index is 2.09. The van der Waals surface area contributed by atoms with Crippen molar-refractivity contribution in [3.63, 3.8) is 0 Å². The first-order chi connectivity index (χ1) is 8.63. The molecular formula is C14H20F2N2. The second-order valence-electron chi connectivity index (χ2n) is 5.01. The molecule has 4 heteroatoms. The molecule has 0 radical (unpaired) electrons. The molecule has 2 nitrogen and oxygen atoms in total. The van der Waals surface area contributed by atoms with Gasteiger partial charge in [-0.15, -0.1) is 0 Å². The van der Waals surface area contributed by atoms with E-state index in [1.165, 1.54) is 19.3 Å². The van der Waals surface area contributed by atoms with Crippen LogP contribution in [0.25, 0.3) is 0 Å². The van der Waals surface area contributed by atoms with E-state index in [1.807, 2.05) is 7.05 Å². The highest BCUT2D eigenvalue weighted by Crippen LogP contribution is 2.26.